The van der Waals surface area contributed by atoms with Crippen molar-refractivity contribution in [2.75, 3.05) is 11.4 Å². The number of nitro groups is 1. The summed E-state index contributed by atoms with van der Waals surface area (Å²) in [5, 5.41) is 19.2. The van der Waals surface area contributed by atoms with Gasteiger partial charge < -0.3 is 10.0 Å². The van der Waals surface area contributed by atoms with E-state index >= 15 is 0 Å². The predicted octanol–water partition coefficient (Wildman–Crippen LogP) is 1.74. The number of hydrogen-bond donors (Lipinski definition) is 1. The van der Waals surface area contributed by atoms with E-state index in [9.17, 15) is 19.7 Å². The molecule has 7 nitrogen and oxygen atoms in total. The van der Waals surface area contributed by atoms with Crippen molar-refractivity contribution in [3.8, 4) is 0 Å². The van der Waals surface area contributed by atoms with E-state index in [1.165, 1.54) is 12.1 Å². The molecule has 0 fully saturated rings. The Morgan fingerprint density at radius 1 is 1.40 bits per heavy atom. The Bertz CT molecular complexity index is 570. The van der Waals surface area contributed by atoms with Gasteiger partial charge in [-0.2, -0.15) is 0 Å². The topological polar surface area (TPSA) is 101 Å². The van der Waals surface area contributed by atoms with E-state index in [0.717, 1.165) is 0 Å². The molecular formula is C13H14N2O5. The van der Waals surface area contributed by atoms with Gasteiger partial charge in [0.05, 0.1) is 11.3 Å². The lowest BCUT2D eigenvalue weighted by molar-refractivity contribution is -0.384. The fraction of sp³-hybridized carbons (Fsp3) is 0.385. The van der Waals surface area contributed by atoms with Crippen LogP contribution in [0.1, 0.15) is 24.8 Å². The van der Waals surface area contributed by atoms with E-state index < -0.39 is 10.9 Å². The molecule has 7 heteroatoms. The van der Waals surface area contributed by atoms with Gasteiger partial charge in [0.15, 0.2) is 0 Å². The van der Waals surface area contributed by atoms with Crippen LogP contribution >= 0.6 is 0 Å². The first kappa shape index (κ1) is 14.0. The number of nitro benzene ring substituents is 1. The van der Waals surface area contributed by atoms with Crippen molar-refractivity contribution in [1.82, 2.24) is 0 Å². The first-order valence-electron chi connectivity index (χ1n) is 6.28. The van der Waals surface area contributed by atoms with Crippen LogP contribution in [0.4, 0.5) is 11.4 Å². The number of carboxylic acids is 1. The Morgan fingerprint density at radius 2 is 2.15 bits per heavy atom. The standard InChI is InChI=1S/C13H14N2O5/c16-12-8-9-7-10(15(19)20)4-5-11(9)14(12)6-2-1-3-13(17)18/h4-5,7H,1-3,6,8H2,(H,17,18). The molecule has 0 atom stereocenters. The van der Waals surface area contributed by atoms with E-state index in [-0.39, 0.29) is 24.4 Å². The zero-order valence-corrected chi connectivity index (χ0v) is 10.7. The van der Waals surface area contributed by atoms with Gasteiger partial charge in [0.1, 0.15) is 0 Å². The van der Waals surface area contributed by atoms with Gasteiger partial charge >= 0.3 is 5.97 Å². The molecule has 1 aliphatic heterocycles. The zero-order valence-electron chi connectivity index (χ0n) is 10.7. The van der Waals surface area contributed by atoms with Crippen molar-refractivity contribution in [1.29, 1.82) is 0 Å². The van der Waals surface area contributed by atoms with Crippen LogP contribution in [0.25, 0.3) is 0 Å². The summed E-state index contributed by atoms with van der Waals surface area (Å²) in [4.78, 5) is 34.1. The van der Waals surface area contributed by atoms with E-state index in [1.54, 1.807) is 11.0 Å². The lowest BCUT2D eigenvalue weighted by Gasteiger charge is -2.16. The minimum Gasteiger partial charge on any atom is -0.481 e. The molecule has 1 aromatic carbocycles. The Hall–Kier alpha value is -2.44. The molecule has 0 saturated carbocycles. The molecule has 0 saturated heterocycles. The number of hydrogen-bond acceptors (Lipinski definition) is 4. The molecule has 2 rings (SSSR count). The third-order valence-electron chi connectivity index (χ3n) is 3.23. The number of nitrogens with zero attached hydrogens (tertiary/aromatic N) is 2. The van der Waals surface area contributed by atoms with Gasteiger partial charge in [0.25, 0.3) is 5.69 Å². The molecule has 1 aliphatic rings. The molecule has 20 heavy (non-hydrogen) atoms. The van der Waals surface area contributed by atoms with Crippen LogP contribution in [0.3, 0.4) is 0 Å². The number of carboxylic acid groups (broad SMARTS) is 1. The van der Waals surface area contributed by atoms with Crippen LogP contribution in [0.15, 0.2) is 18.2 Å². The molecule has 106 valence electrons. The fourth-order valence-corrected chi connectivity index (χ4v) is 2.27. The minimum absolute atomic E-state index is 0.0238. The summed E-state index contributed by atoms with van der Waals surface area (Å²) in [6.45, 7) is 0.441. The summed E-state index contributed by atoms with van der Waals surface area (Å²) in [5.74, 6) is -0.954. The van der Waals surface area contributed by atoms with E-state index in [4.69, 9.17) is 5.11 Å². The fourth-order valence-electron chi connectivity index (χ4n) is 2.27. The first-order chi connectivity index (χ1) is 9.49. The quantitative estimate of drug-likeness (QED) is 0.485. The van der Waals surface area contributed by atoms with Crippen LogP contribution < -0.4 is 4.90 Å². The number of rotatable bonds is 6. The Balaban J connectivity index is 2.05. The second-order valence-electron chi connectivity index (χ2n) is 4.64. The molecule has 1 aromatic rings. The molecule has 0 spiro atoms. The number of carbonyl (C=O) groups is 2. The van der Waals surface area contributed by atoms with Gasteiger partial charge in [0, 0.05) is 30.8 Å². The number of benzene rings is 1. The smallest absolute Gasteiger partial charge is 0.303 e. The predicted molar refractivity (Wildman–Crippen MR) is 70.6 cm³/mol. The molecule has 1 amide bonds. The monoisotopic (exact) mass is 278 g/mol. The summed E-state index contributed by atoms with van der Waals surface area (Å²) in [7, 11) is 0. The molecule has 0 radical (unpaired) electrons. The maximum Gasteiger partial charge on any atom is 0.303 e. The average molecular weight is 278 g/mol. The maximum atomic E-state index is 11.9. The second-order valence-corrected chi connectivity index (χ2v) is 4.64. The maximum absolute atomic E-state index is 11.9. The lowest BCUT2D eigenvalue weighted by Crippen LogP contribution is -2.27. The number of aliphatic carboxylic acids is 1. The third kappa shape index (κ3) is 2.93. The number of fused-ring (bicyclic) bond motifs is 1. The van der Waals surface area contributed by atoms with Gasteiger partial charge in [-0.3, -0.25) is 19.7 Å². The Labute approximate surface area is 115 Å². The highest BCUT2D eigenvalue weighted by Crippen LogP contribution is 2.32. The Kier molecular flexibility index (Phi) is 3.97. The number of amides is 1. The van der Waals surface area contributed by atoms with Gasteiger partial charge in [-0.25, -0.2) is 0 Å². The summed E-state index contributed by atoms with van der Waals surface area (Å²) in [6.07, 6.45) is 1.33. The van der Waals surface area contributed by atoms with Crippen LogP contribution in [-0.4, -0.2) is 28.5 Å². The van der Waals surface area contributed by atoms with E-state index in [1.807, 2.05) is 0 Å². The third-order valence-corrected chi connectivity index (χ3v) is 3.23. The normalized spacial score (nSPS) is 13.4. The number of carbonyl (C=O) groups excluding carboxylic acids is 1. The summed E-state index contributed by atoms with van der Waals surface area (Å²) in [6, 6.07) is 4.38. The van der Waals surface area contributed by atoms with Crippen molar-refractivity contribution in [2.45, 2.75) is 25.7 Å². The highest BCUT2D eigenvalue weighted by Gasteiger charge is 2.28. The van der Waals surface area contributed by atoms with Crippen molar-refractivity contribution in [3.63, 3.8) is 0 Å². The molecule has 0 unspecified atom stereocenters. The van der Waals surface area contributed by atoms with Crippen LogP contribution in [-0.2, 0) is 16.0 Å². The van der Waals surface area contributed by atoms with E-state index in [0.29, 0.717) is 30.6 Å². The average Bonchev–Trinajstić information content (AvgIpc) is 2.69. The van der Waals surface area contributed by atoms with Crippen LogP contribution in [0.5, 0.6) is 0 Å². The van der Waals surface area contributed by atoms with Gasteiger partial charge in [-0.1, -0.05) is 0 Å². The van der Waals surface area contributed by atoms with Crippen molar-refractivity contribution in [2.24, 2.45) is 0 Å². The summed E-state index contributed by atoms with van der Waals surface area (Å²) in [5.41, 5.74) is 1.32. The largest absolute Gasteiger partial charge is 0.481 e. The van der Waals surface area contributed by atoms with E-state index in [2.05, 4.69) is 0 Å². The first-order valence-corrected chi connectivity index (χ1v) is 6.28. The van der Waals surface area contributed by atoms with Crippen LogP contribution in [0.2, 0.25) is 0 Å². The molecule has 1 N–H and O–H groups in total. The van der Waals surface area contributed by atoms with Crippen molar-refractivity contribution < 1.29 is 19.6 Å². The molecule has 1 heterocycles. The minimum atomic E-state index is -0.853. The summed E-state index contributed by atoms with van der Waals surface area (Å²) < 4.78 is 0. The van der Waals surface area contributed by atoms with Crippen LogP contribution in [0, 0.1) is 10.1 Å². The number of non-ortho nitro benzene ring substituents is 1. The zero-order chi connectivity index (χ0) is 14.7. The van der Waals surface area contributed by atoms with Crippen molar-refractivity contribution >= 4 is 23.3 Å². The molecule has 0 bridgehead atoms. The lowest BCUT2D eigenvalue weighted by atomic mass is 10.1. The number of unbranched alkanes of at least 4 members (excludes halogenated alkanes) is 1. The number of anilines is 1. The highest BCUT2D eigenvalue weighted by atomic mass is 16.6. The molecule has 0 aromatic heterocycles. The van der Waals surface area contributed by atoms with Gasteiger partial charge in [0.2, 0.25) is 5.91 Å². The SMILES string of the molecule is O=C(O)CCCCN1C(=O)Cc2cc([N+](=O)[O-])ccc21. The molecule has 0 aliphatic carbocycles. The van der Waals surface area contributed by atoms with Gasteiger partial charge in [-0.15, -0.1) is 0 Å². The second kappa shape index (κ2) is 5.68. The highest BCUT2D eigenvalue weighted by molar-refractivity contribution is 6.01. The summed E-state index contributed by atoms with van der Waals surface area (Å²) >= 11 is 0. The molecular weight excluding hydrogens is 264 g/mol. The van der Waals surface area contributed by atoms with Crippen molar-refractivity contribution in [3.05, 3.63) is 33.9 Å². The van der Waals surface area contributed by atoms with Gasteiger partial charge in [-0.05, 0) is 24.5 Å². The Morgan fingerprint density at radius 3 is 2.80 bits per heavy atom.